The molecule has 35 heavy (non-hydrogen) atoms. The maximum Gasteiger partial charge on any atom is 0.319 e. The molecular weight excluding hydrogens is 450 g/mol. The average molecular weight is 473 g/mol. The van der Waals surface area contributed by atoms with Crippen molar-refractivity contribution < 1.29 is 19.2 Å². The summed E-state index contributed by atoms with van der Waals surface area (Å²) in [6.07, 6.45) is 2.17. The van der Waals surface area contributed by atoms with Crippen LogP contribution in [0.3, 0.4) is 0 Å². The number of carbonyl (C=O) groups is 4. The van der Waals surface area contributed by atoms with Crippen molar-refractivity contribution in [2.45, 2.75) is 38.9 Å². The second kappa shape index (κ2) is 9.01. The Hall–Kier alpha value is -4.54. The lowest BCUT2D eigenvalue weighted by Crippen LogP contribution is -2.52. The molecule has 11 heteroatoms. The van der Waals surface area contributed by atoms with Crippen molar-refractivity contribution in [1.82, 2.24) is 30.5 Å². The third-order valence-corrected chi connectivity index (χ3v) is 6.08. The van der Waals surface area contributed by atoms with Crippen LogP contribution < -0.4 is 16.0 Å². The fraction of sp³-hybridized carbons (Fsp3) is 0.250. The van der Waals surface area contributed by atoms with Gasteiger partial charge >= 0.3 is 6.03 Å². The molecule has 5 rings (SSSR count). The molecule has 2 aliphatic rings. The van der Waals surface area contributed by atoms with Gasteiger partial charge in [-0.1, -0.05) is 29.0 Å². The van der Waals surface area contributed by atoms with Crippen LogP contribution in [-0.2, 0) is 22.7 Å². The number of imide groups is 1. The van der Waals surface area contributed by atoms with E-state index >= 15 is 0 Å². The molecule has 0 spiro atoms. The van der Waals surface area contributed by atoms with E-state index in [2.05, 4.69) is 26.3 Å². The molecule has 3 aromatic rings. The maximum absolute atomic E-state index is 13.0. The molecule has 1 aromatic heterocycles. The summed E-state index contributed by atoms with van der Waals surface area (Å²) < 4.78 is 1.55. The van der Waals surface area contributed by atoms with Crippen LogP contribution in [0, 0.1) is 6.92 Å². The maximum atomic E-state index is 13.0. The summed E-state index contributed by atoms with van der Waals surface area (Å²) in [5.74, 6) is -1.04. The molecule has 178 valence electrons. The minimum absolute atomic E-state index is 0.161. The summed E-state index contributed by atoms with van der Waals surface area (Å²) in [4.78, 5) is 50.5. The van der Waals surface area contributed by atoms with Crippen molar-refractivity contribution in [1.29, 1.82) is 0 Å². The van der Waals surface area contributed by atoms with E-state index in [0.717, 1.165) is 11.1 Å². The Morgan fingerprint density at radius 1 is 1.14 bits per heavy atom. The summed E-state index contributed by atoms with van der Waals surface area (Å²) in [5.41, 5.74) is 4.19. The van der Waals surface area contributed by atoms with Crippen LogP contribution in [0.25, 0.3) is 5.69 Å². The highest BCUT2D eigenvalue weighted by Gasteiger charge is 2.40. The number of benzene rings is 2. The van der Waals surface area contributed by atoms with E-state index in [1.807, 2.05) is 37.3 Å². The lowest BCUT2D eigenvalue weighted by Gasteiger charge is -2.29. The van der Waals surface area contributed by atoms with Gasteiger partial charge in [0.25, 0.3) is 5.91 Å². The zero-order valence-corrected chi connectivity index (χ0v) is 18.9. The van der Waals surface area contributed by atoms with Crippen molar-refractivity contribution in [2.24, 2.45) is 0 Å². The number of carbonyl (C=O) groups excluding carboxylic acids is 4. The second-order valence-corrected chi connectivity index (χ2v) is 8.53. The number of nitrogens with one attached hydrogen (secondary N) is 3. The van der Waals surface area contributed by atoms with Gasteiger partial charge in [0.2, 0.25) is 11.8 Å². The number of fused-ring (bicyclic) bond motifs is 1. The summed E-state index contributed by atoms with van der Waals surface area (Å²) in [5, 5.41) is 16.1. The van der Waals surface area contributed by atoms with E-state index in [1.54, 1.807) is 23.0 Å². The van der Waals surface area contributed by atoms with Crippen LogP contribution >= 0.6 is 0 Å². The smallest absolute Gasteiger partial charge is 0.319 e. The van der Waals surface area contributed by atoms with E-state index < -0.39 is 11.9 Å². The van der Waals surface area contributed by atoms with E-state index in [1.165, 1.54) is 4.90 Å². The predicted molar refractivity (Wildman–Crippen MR) is 124 cm³/mol. The minimum atomic E-state index is -0.692. The fourth-order valence-corrected chi connectivity index (χ4v) is 4.26. The largest absolute Gasteiger partial charge is 0.332 e. The highest BCUT2D eigenvalue weighted by atomic mass is 16.2. The first kappa shape index (κ1) is 22.3. The summed E-state index contributed by atoms with van der Waals surface area (Å²) in [6, 6.07) is 11.7. The normalized spacial score (nSPS) is 17.2. The third-order valence-electron chi connectivity index (χ3n) is 6.08. The van der Waals surface area contributed by atoms with Gasteiger partial charge in [0.1, 0.15) is 11.7 Å². The Kier molecular flexibility index (Phi) is 5.73. The van der Waals surface area contributed by atoms with Gasteiger partial charge < -0.3 is 15.5 Å². The lowest BCUT2D eigenvalue weighted by molar-refractivity contribution is -0.136. The van der Waals surface area contributed by atoms with E-state index in [-0.39, 0.29) is 37.4 Å². The summed E-state index contributed by atoms with van der Waals surface area (Å²) in [7, 11) is 0. The van der Waals surface area contributed by atoms with Crippen LogP contribution in [0.4, 0.5) is 10.5 Å². The molecule has 1 unspecified atom stereocenters. The Morgan fingerprint density at radius 3 is 2.71 bits per heavy atom. The van der Waals surface area contributed by atoms with Crippen LogP contribution in [0.2, 0.25) is 0 Å². The van der Waals surface area contributed by atoms with Gasteiger partial charge in [0.05, 0.1) is 18.4 Å². The van der Waals surface area contributed by atoms with Crippen molar-refractivity contribution in [3.63, 3.8) is 0 Å². The van der Waals surface area contributed by atoms with Crippen molar-refractivity contribution in [2.75, 3.05) is 5.32 Å². The van der Waals surface area contributed by atoms with Crippen LogP contribution in [-0.4, -0.2) is 49.7 Å². The molecular formula is C24H23N7O4. The van der Waals surface area contributed by atoms with E-state index in [0.29, 0.717) is 29.1 Å². The van der Waals surface area contributed by atoms with Gasteiger partial charge in [-0.15, -0.1) is 5.10 Å². The number of hydrogen-bond acceptors (Lipinski definition) is 6. The van der Waals surface area contributed by atoms with Gasteiger partial charge in [-0.25, -0.2) is 9.48 Å². The number of urea groups is 1. The number of aromatic nitrogens is 3. The first-order valence-electron chi connectivity index (χ1n) is 11.2. The van der Waals surface area contributed by atoms with Crippen LogP contribution in [0.5, 0.6) is 0 Å². The molecule has 11 nitrogen and oxygen atoms in total. The zero-order valence-electron chi connectivity index (χ0n) is 18.9. The Morgan fingerprint density at radius 2 is 1.94 bits per heavy atom. The minimum Gasteiger partial charge on any atom is -0.332 e. The van der Waals surface area contributed by atoms with Gasteiger partial charge in [-0.3, -0.25) is 19.7 Å². The van der Waals surface area contributed by atoms with Crippen LogP contribution in [0.15, 0.2) is 48.7 Å². The van der Waals surface area contributed by atoms with Gasteiger partial charge in [0, 0.05) is 29.8 Å². The van der Waals surface area contributed by atoms with Gasteiger partial charge in [-0.05, 0) is 37.6 Å². The number of rotatable bonds is 5. The van der Waals surface area contributed by atoms with Gasteiger partial charge in [-0.2, -0.15) is 0 Å². The predicted octanol–water partition coefficient (Wildman–Crippen LogP) is 1.66. The number of anilines is 1. The molecule has 1 atom stereocenters. The molecule has 2 aromatic carbocycles. The summed E-state index contributed by atoms with van der Waals surface area (Å²) >= 11 is 0. The van der Waals surface area contributed by atoms with E-state index in [4.69, 9.17) is 0 Å². The molecule has 1 fully saturated rings. The number of hydrogen-bond donors (Lipinski definition) is 3. The van der Waals surface area contributed by atoms with E-state index in [9.17, 15) is 19.2 Å². The number of amides is 5. The monoisotopic (exact) mass is 473 g/mol. The molecule has 0 saturated carbocycles. The molecule has 5 amide bonds. The van der Waals surface area contributed by atoms with Crippen molar-refractivity contribution >= 4 is 29.4 Å². The van der Waals surface area contributed by atoms with Gasteiger partial charge in [0.15, 0.2) is 0 Å². The molecule has 3 N–H and O–H groups in total. The molecule has 0 aliphatic carbocycles. The molecule has 0 radical (unpaired) electrons. The second-order valence-electron chi connectivity index (χ2n) is 8.53. The fourth-order valence-electron chi connectivity index (χ4n) is 4.26. The third kappa shape index (κ3) is 4.47. The Bertz CT molecular complexity index is 1330. The Balaban J connectivity index is 1.27. The van der Waals surface area contributed by atoms with Crippen molar-refractivity contribution in [3.05, 3.63) is 71.0 Å². The van der Waals surface area contributed by atoms with Crippen LogP contribution in [0.1, 0.15) is 40.0 Å². The van der Waals surface area contributed by atoms with Crippen molar-refractivity contribution in [3.8, 4) is 5.69 Å². The molecule has 1 saturated heterocycles. The lowest BCUT2D eigenvalue weighted by atomic mass is 10.0. The standard InChI is InChI=1S/C24H23N7O4/c1-14-5-7-15(8-6-14)26-24(35)25-11-16-12-31(29-28-16)19-4-2-3-17-18(19)13-30(23(17)34)20-9-10-21(32)27-22(20)33/h2-8,12,20H,9-11,13H2,1H3,(H2,25,26,35)(H,27,32,33). The highest BCUT2D eigenvalue weighted by Crippen LogP contribution is 2.31. The summed E-state index contributed by atoms with van der Waals surface area (Å²) in [6.45, 7) is 2.36. The average Bonchev–Trinajstić information content (AvgIpc) is 3.44. The number of nitrogens with zero attached hydrogens (tertiary/aromatic N) is 4. The topological polar surface area (TPSA) is 138 Å². The molecule has 0 bridgehead atoms. The SMILES string of the molecule is Cc1ccc(NC(=O)NCc2cn(-c3cccc4c3CN(C3CCC(=O)NC3=O)C4=O)nn2)cc1. The first-order chi connectivity index (χ1) is 16.9. The quantitative estimate of drug-likeness (QED) is 0.482. The molecule has 2 aliphatic heterocycles. The number of piperidine rings is 1. The molecule has 3 heterocycles. The first-order valence-corrected chi connectivity index (χ1v) is 11.2. The number of aryl methyl sites for hydroxylation is 1. The Labute approximate surface area is 200 Å². The zero-order chi connectivity index (χ0) is 24.5. The highest BCUT2D eigenvalue weighted by molar-refractivity contribution is 6.05.